The Bertz CT molecular complexity index is 2000. The van der Waals surface area contributed by atoms with E-state index in [0.29, 0.717) is 27.4 Å². The Morgan fingerprint density at radius 2 is 1.31 bits per heavy atom. The lowest BCUT2D eigenvalue weighted by molar-refractivity contribution is -0.383. The Morgan fingerprint density at radius 3 is 1.96 bits per heavy atom. The van der Waals surface area contributed by atoms with Crippen molar-refractivity contribution in [2.24, 2.45) is 11.5 Å². The number of halogens is 3. The Kier molecular flexibility index (Phi) is 11.2. The van der Waals surface area contributed by atoms with Gasteiger partial charge in [-0.25, -0.2) is 0 Å². The fraction of sp³-hybridized carbons (Fsp3) is 0.133. The van der Waals surface area contributed by atoms with Gasteiger partial charge < -0.3 is 36.6 Å². The zero-order chi connectivity index (χ0) is 32.8. The Labute approximate surface area is 280 Å². The molecule has 0 spiro atoms. The molecule has 234 valence electrons. The monoisotopic (exact) mass is 804 g/mol. The summed E-state index contributed by atoms with van der Waals surface area (Å²) in [4.78, 5) is 41.1. The lowest BCUT2D eigenvalue weighted by atomic mass is 10.0. The van der Waals surface area contributed by atoms with E-state index in [9.17, 15) is 19.7 Å². The Morgan fingerprint density at radius 1 is 0.756 bits per heavy atom. The van der Waals surface area contributed by atoms with Gasteiger partial charge in [0.2, 0.25) is 0 Å². The Hall–Kier alpha value is -4.02. The fourth-order valence-corrected chi connectivity index (χ4v) is 5.75. The summed E-state index contributed by atoms with van der Waals surface area (Å²) in [7, 11) is 0. The molecule has 6 rings (SSSR count). The summed E-state index contributed by atoms with van der Waals surface area (Å²) in [5, 5.41) is 31.3. The van der Waals surface area contributed by atoms with E-state index in [1.54, 1.807) is 18.5 Å². The highest BCUT2D eigenvalue weighted by molar-refractivity contribution is 9.11. The summed E-state index contributed by atoms with van der Waals surface area (Å²) in [5.41, 5.74) is 15.0. The number of nitro groups is 1. The Balaban J connectivity index is 0.000000160. The number of H-pyrrole nitrogens is 3. The number of carboxylic acid groups (broad SMARTS) is 2. The number of aliphatic carboxylic acids is 2. The van der Waals surface area contributed by atoms with Crippen molar-refractivity contribution in [3.8, 4) is 0 Å². The summed E-state index contributed by atoms with van der Waals surface area (Å²) >= 11 is 9.97. The molecule has 0 bridgehead atoms. The molecule has 12 nitrogen and oxygen atoms in total. The number of hydrogen-bond acceptors (Lipinski definition) is 6. The van der Waals surface area contributed by atoms with Crippen LogP contribution >= 0.6 is 47.8 Å². The van der Waals surface area contributed by atoms with Crippen LogP contribution in [-0.4, -0.2) is 54.1 Å². The summed E-state index contributed by atoms with van der Waals surface area (Å²) in [6.45, 7) is 0. The number of benzene rings is 3. The van der Waals surface area contributed by atoms with E-state index in [4.69, 9.17) is 21.7 Å². The number of nitrogens with zero attached hydrogens (tertiary/aromatic N) is 1. The van der Waals surface area contributed by atoms with Gasteiger partial charge in [-0.1, -0.05) is 59.9 Å². The minimum atomic E-state index is -1.14. The van der Waals surface area contributed by atoms with Crippen molar-refractivity contribution < 1.29 is 24.7 Å². The van der Waals surface area contributed by atoms with Gasteiger partial charge in [0.1, 0.15) is 12.1 Å². The third kappa shape index (κ3) is 8.58. The molecule has 3 heterocycles. The van der Waals surface area contributed by atoms with Crippen LogP contribution in [0.1, 0.15) is 11.1 Å². The summed E-state index contributed by atoms with van der Waals surface area (Å²) < 4.78 is 2.67. The van der Waals surface area contributed by atoms with Crippen LogP contribution in [0.15, 0.2) is 86.6 Å². The van der Waals surface area contributed by atoms with E-state index in [1.165, 1.54) is 17.0 Å². The molecule has 0 saturated carbocycles. The first kappa shape index (κ1) is 33.9. The highest BCUT2D eigenvalue weighted by Crippen LogP contribution is 2.33. The van der Waals surface area contributed by atoms with Gasteiger partial charge in [0.05, 0.1) is 15.8 Å². The smallest absolute Gasteiger partial charge is 0.320 e. The van der Waals surface area contributed by atoms with Crippen LogP contribution in [0.25, 0.3) is 32.7 Å². The van der Waals surface area contributed by atoms with Crippen LogP contribution in [0.4, 0.5) is 5.69 Å². The zero-order valence-corrected chi connectivity index (χ0v) is 28.0. The van der Waals surface area contributed by atoms with E-state index < -0.39 is 28.9 Å². The van der Waals surface area contributed by atoms with Crippen LogP contribution in [0.5, 0.6) is 0 Å². The average Bonchev–Trinajstić information content (AvgIpc) is 3.71. The molecule has 0 saturated heterocycles. The first-order chi connectivity index (χ1) is 21.3. The predicted octanol–water partition coefficient (Wildman–Crippen LogP) is 6.61. The van der Waals surface area contributed by atoms with Crippen molar-refractivity contribution in [1.29, 1.82) is 0 Å². The molecule has 0 fully saturated rings. The SMILES string of the molecule is Brc1ccc2cc[nH]c2c1.N[C@@H](Cc1c[nH]c2cc(Br)cc([N+](=O)[O-])c12)C(=O)O.N[C@@H](Cc1c[nH]c2cc(Br)ccc12)C(=O)O. The molecule has 9 N–H and O–H groups in total. The molecule has 0 amide bonds. The second-order valence-electron chi connectivity index (χ2n) is 9.93. The zero-order valence-electron chi connectivity index (χ0n) is 23.3. The van der Waals surface area contributed by atoms with Crippen LogP contribution in [0.2, 0.25) is 0 Å². The molecule has 0 aliphatic rings. The second kappa shape index (κ2) is 14.8. The van der Waals surface area contributed by atoms with Crippen molar-refractivity contribution in [2.45, 2.75) is 24.9 Å². The van der Waals surface area contributed by atoms with Crippen molar-refractivity contribution in [3.05, 3.63) is 108 Å². The van der Waals surface area contributed by atoms with Gasteiger partial charge in [-0.15, -0.1) is 0 Å². The number of carboxylic acids is 2. The highest BCUT2D eigenvalue weighted by Gasteiger charge is 2.21. The van der Waals surface area contributed by atoms with E-state index >= 15 is 0 Å². The number of nitro benzene ring substituents is 1. The molecule has 2 atom stereocenters. The largest absolute Gasteiger partial charge is 0.480 e. The maximum absolute atomic E-state index is 11.1. The van der Waals surface area contributed by atoms with Gasteiger partial charge in [-0.2, -0.15) is 0 Å². The fourth-order valence-electron chi connectivity index (χ4n) is 4.58. The molecule has 0 aliphatic carbocycles. The molecule has 3 aromatic carbocycles. The third-order valence-corrected chi connectivity index (χ3v) is 8.21. The summed E-state index contributed by atoms with van der Waals surface area (Å²) in [6, 6.07) is 15.2. The molecule has 0 unspecified atom stereocenters. The normalized spacial score (nSPS) is 12.2. The topological polar surface area (TPSA) is 217 Å². The number of nitrogens with two attached hydrogens (primary N) is 2. The van der Waals surface area contributed by atoms with Crippen LogP contribution in [0, 0.1) is 10.1 Å². The van der Waals surface area contributed by atoms with Crippen molar-refractivity contribution in [3.63, 3.8) is 0 Å². The first-order valence-electron chi connectivity index (χ1n) is 13.2. The summed E-state index contributed by atoms with van der Waals surface area (Å²) in [6.07, 6.45) is 5.65. The second-order valence-corrected chi connectivity index (χ2v) is 12.7. The third-order valence-electron chi connectivity index (χ3n) is 6.76. The van der Waals surface area contributed by atoms with E-state index in [2.05, 4.69) is 80.9 Å². The number of nitrogens with one attached hydrogen (secondary N) is 3. The van der Waals surface area contributed by atoms with E-state index in [1.807, 2.05) is 30.5 Å². The minimum absolute atomic E-state index is 0.0256. The quantitative estimate of drug-likeness (QED) is 0.0687. The number of non-ortho nitro benzene ring substituents is 1. The summed E-state index contributed by atoms with van der Waals surface area (Å²) in [5.74, 6) is -2.12. The number of aromatic amines is 3. The maximum atomic E-state index is 11.1. The molecule has 3 aromatic heterocycles. The number of carbonyl (C=O) groups is 2. The van der Waals surface area contributed by atoms with Gasteiger partial charge >= 0.3 is 11.9 Å². The van der Waals surface area contributed by atoms with Gasteiger partial charge in [-0.05, 0) is 52.9 Å². The molecule has 0 aliphatic heterocycles. The first-order valence-corrected chi connectivity index (χ1v) is 15.6. The van der Waals surface area contributed by atoms with E-state index in [-0.39, 0.29) is 12.1 Å². The number of hydrogen-bond donors (Lipinski definition) is 7. The number of fused-ring (bicyclic) bond motifs is 3. The molecular formula is C30H27Br3N6O6. The molecule has 15 heteroatoms. The van der Waals surface area contributed by atoms with Crippen LogP contribution < -0.4 is 11.5 Å². The van der Waals surface area contributed by atoms with Crippen molar-refractivity contribution in [2.75, 3.05) is 0 Å². The molecular weight excluding hydrogens is 780 g/mol. The van der Waals surface area contributed by atoms with Crippen molar-refractivity contribution in [1.82, 2.24) is 15.0 Å². The number of aromatic nitrogens is 3. The molecule has 6 aromatic rings. The molecule has 45 heavy (non-hydrogen) atoms. The maximum Gasteiger partial charge on any atom is 0.320 e. The lowest BCUT2D eigenvalue weighted by Crippen LogP contribution is -2.32. The van der Waals surface area contributed by atoms with Crippen LogP contribution in [0.3, 0.4) is 0 Å². The van der Waals surface area contributed by atoms with E-state index in [0.717, 1.165) is 25.4 Å². The minimum Gasteiger partial charge on any atom is -0.480 e. The van der Waals surface area contributed by atoms with Gasteiger partial charge in [0, 0.05) is 67.3 Å². The molecule has 0 radical (unpaired) electrons. The van der Waals surface area contributed by atoms with Gasteiger partial charge in [-0.3, -0.25) is 19.7 Å². The average molecular weight is 807 g/mol. The van der Waals surface area contributed by atoms with Gasteiger partial charge in [0.15, 0.2) is 0 Å². The standard InChI is InChI=1S/C11H10BrN3O4.C11H11BrN2O2.C8H6BrN/c12-6-2-8-10(9(3-6)15(18)19)5(4-14-8)1-7(13)11(16)17;12-7-1-2-8-6(3-9(13)11(15)16)5-14-10(8)4-7;9-7-2-1-6-3-4-10-8(6)5-7/h2-4,7,14H,1,13H2,(H,16,17);1-2,4-5,9,14H,3,13H2,(H,15,16);1-5,10H/t7-;9-;/m00./s1. The van der Waals surface area contributed by atoms with Gasteiger partial charge in [0.25, 0.3) is 5.69 Å². The van der Waals surface area contributed by atoms with Crippen LogP contribution in [-0.2, 0) is 22.4 Å². The lowest BCUT2D eigenvalue weighted by Gasteiger charge is -2.05. The number of rotatable bonds is 7. The van der Waals surface area contributed by atoms with Crippen molar-refractivity contribution >= 4 is 98.1 Å². The predicted molar refractivity (Wildman–Crippen MR) is 183 cm³/mol. The highest BCUT2D eigenvalue weighted by atomic mass is 79.9.